The smallest absolute Gasteiger partial charge is 0.326 e. The molecule has 0 bridgehead atoms. The van der Waals surface area contributed by atoms with E-state index in [0.717, 1.165) is 5.01 Å². The largest absolute Gasteiger partial charge is 0.480 e. The van der Waals surface area contributed by atoms with E-state index in [1.807, 2.05) is 5.32 Å². The van der Waals surface area contributed by atoms with Crippen LogP contribution in [0, 0.1) is 0 Å². The Morgan fingerprint density at radius 1 is 1.25 bits per heavy atom. The first kappa shape index (κ1) is 17.5. The van der Waals surface area contributed by atoms with Crippen molar-refractivity contribution >= 4 is 29.2 Å². The minimum Gasteiger partial charge on any atom is -0.480 e. The van der Waals surface area contributed by atoms with Gasteiger partial charge in [-0.2, -0.15) is 5.10 Å². The lowest BCUT2D eigenvalue weighted by Crippen LogP contribution is -2.47. The van der Waals surface area contributed by atoms with Gasteiger partial charge in [0.2, 0.25) is 12.3 Å². The molecule has 128 valence electrons. The van der Waals surface area contributed by atoms with Crippen molar-refractivity contribution in [1.29, 1.82) is 0 Å². The molecule has 0 aliphatic carbocycles. The number of halogens is 2. The second-order valence-electron chi connectivity index (χ2n) is 5.08. The number of para-hydroxylation sites is 1. The van der Waals surface area contributed by atoms with E-state index in [-0.39, 0.29) is 24.5 Å². The maximum Gasteiger partial charge on any atom is 0.326 e. The van der Waals surface area contributed by atoms with Gasteiger partial charge in [-0.05, 0) is 12.1 Å². The summed E-state index contributed by atoms with van der Waals surface area (Å²) in [5.41, 5.74) is 0.369. The van der Waals surface area contributed by atoms with Crippen LogP contribution in [-0.4, -0.2) is 41.1 Å². The molecule has 1 aliphatic rings. The van der Waals surface area contributed by atoms with Crippen LogP contribution in [0.1, 0.15) is 19.3 Å². The normalized spacial score (nSPS) is 15.9. The highest BCUT2D eigenvalue weighted by atomic mass is 19.3. The van der Waals surface area contributed by atoms with Crippen molar-refractivity contribution in [2.24, 2.45) is 5.10 Å². The number of carbonyl (C=O) groups is 3. The molecule has 0 spiro atoms. The number of benzene rings is 1. The molecule has 2 rings (SSSR count). The summed E-state index contributed by atoms with van der Waals surface area (Å²) in [6.45, 7) is 0. The summed E-state index contributed by atoms with van der Waals surface area (Å²) in [7, 11) is 0. The van der Waals surface area contributed by atoms with Gasteiger partial charge in [-0.1, -0.05) is 18.2 Å². The Bertz CT molecular complexity index is 664. The summed E-state index contributed by atoms with van der Waals surface area (Å²) in [6.07, 6.45) is -3.86. The average molecular weight is 339 g/mol. The zero-order valence-electron chi connectivity index (χ0n) is 12.5. The number of nitrogens with one attached hydrogen (secondary N) is 1. The van der Waals surface area contributed by atoms with Gasteiger partial charge in [-0.3, -0.25) is 9.59 Å². The van der Waals surface area contributed by atoms with Crippen molar-refractivity contribution in [2.45, 2.75) is 31.7 Å². The van der Waals surface area contributed by atoms with Gasteiger partial charge in [0.05, 0.1) is 5.69 Å². The summed E-state index contributed by atoms with van der Waals surface area (Å²) >= 11 is 0. The molecule has 0 fully saturated rings. The summed E-state index contributed by atoms with van der Waals surface area (Å²) in [5.74, 6) is -2.76. The van der Waals surface area contributed by atoms with Crippen LogP contribution < -0.4 is 10.3 Å². The summed E-state index contributed by atoms with van der Waals surface area (Å²) in [6, 6.07) is 6.66. The highest BCUT2D eigenvalue weighted by Crippen LogP contribution is 2.19. The molecule has 2 amide bonds. The third kappa shape index (κ3) is 4.34. The maximum absolute atomic E-state index is 12.4. The van der Waals surface area contributed by atoms with Gasteiger partial charge in [0, 0.05) is 19.3 Å². The van der Waals surface area contributed by atoms with E-state index < -0.39 is 30.8 Å². The van der Waals surface area contributed by atoms with Crippen LogP contribution in [0.4, 0.5) is 14.5 Å². The van der Waals surface area contributed by atoms with E-state index >= 15 is 0 Å². The summed E-state index contributed by atoms with van der Waals surface area (Å²) in [4.78, 5) is 35.0. The molecule has 7 nitrogen and oxygen atoms in total. The van der Waals surface area contributed by atoms with Crippen LogP contribution in [-0.2, 0) is 14.4 Å². The van der Waals surface area contributed by atoms with E-state index in [9.17, 15) is 23.2 Å². The molecule has 0 saturated carbocycles. The standard InChI is InChI=1S/C15H15F2N3O4/c16-12(17)8-11(15(23)24)18-14(22)10-6-7-13(21)20(19-10)9-4-2-1-3-5-9/h1-5,11-12H,6-8H2,(H,18,22)(H,23,24). The van der Waals surface area contributed by atoms with E-state index in [1.54, 1.807) is 30.3 Å². The molecule has 1 heterocycles. The number of aliphatic carboxylic acids is 1. The molecule has 1 aliphatic heterocycles. The molecular weight excluding hydrogens is 324 g/mol. The number of amides is 2. The van der Waals surface area contributed by atoms with E-state index in [0.29, 0.717) is 5.69 Å². The lowest BCUT2D eigenvalue weighted by atomic mass is 10.1. The van der Waals surface area contributed by atoms with Crippen LogP contribution in [0.3, 0.4) is 0 Å². The van der Waals surface area contributed by atoms with Crippen molar-refractivity contribution in [3.05, 3.63) is 30.3 Å². The molecule has 1 unspecified atom stereocenters. The summed E-state index contributed by atoms with van der Waals surface area (Å²) < 4.78 is 24.7. The van der Waals surface area contributed by atoms with Crippen LogP contribution >= 0.6 is 0 Å². The predicted molar refractivity (Wildman–Crippen MR) is 80.8 cm³/mol. The molecule has 0 radical (unpaired) electrons. The minimum absolute atomic E-state index is 0.00767. The fraction of sp³-hybridized carbons (Fsp3) is 0.333. The lowest BCUT2D eigenvalue weighted by molar-refractivity contribution is -0.142. The van der Waals surface area contributed by atoms with Crippen molar-refractivity contribution in [3.63, 3.8) is 0 Å². The van der Waals surface area contributed by atoms with Crippen molar-refractivity contribution < 1.29 is 28.3 Å². The third-order valence-corrected chi connectivity index (χ3v) is 3.31. The molecule has 1 aromatic carbocycles. The molecule has 9 heteroatoms. The number of carboxylic acid groups (broad SMARTS) is 1. The Morgan fingerprint density at radius 3 is 2.50 bits per heavy atom. The number of carbonyl (C=O) groups excluding carboxylic acids is 2. The fourth-order valence-corrected chi connectivity index (χ4v) is 2.13. The quantitative estimate of drug-likeness (QED) is 0.818. The first-order valence-electron chi connectivity index (χ1n) is 7.15. The molecule has 0 aromatic heterocycles. The molecule has 2 N–H and O–H groups in total. The SMILES string of the molecule is O=C(NC(CC(F)F)C(=O)O)C1=NN(c2ccccc2)C(=O)CC1. The van der Waals surface area contributed by atoms with Gasteiger partial charge in [0.1, 0.15) is 11.8 Å². The number of rotatable bonds is 6. The van der Waals surface area contributed by atoms with Crippen LogP contribution in [0.5, 0.6) is 0 Å². The Labute approximate surface area is 135 Å². The Kier molecular flexibility index (Phi) is 5.56. The van der Waals surface area contributed by atoms with Crippen molar-refractivity contribution in [2.75, 3.05) is 5.01 Å². The van der Waals surface area contributed by atoms with Gasteiger partial charge in [-0.25, -0.2) is 18.6 Å². The zero-order chi connectivity index (χ0) is 17.7. The van der Waals surface area contributed by atoms with Crippen LogP contribution in [0.2, 0.25) is 0 Å². The lowest BCUT2D eigenvalue weighted by Gasteiger charge is -2.23. The maximum atomic E-state index is 12.4. The molecule has 0 saturated heterocycles. The van der Waals surface area contributed by atoms with Crippen molar-refractivity contribution in [3.8, 4) is 0 Å². The number of hydrazone groups is 1. The number of alkyl halides is 2. The number of carboxylic acids is 1. The van der Waals surface area contributed by atoms with Gasteiger partial charge < -0.3 is 10.4 Å². The number of anilines is 1. The predicted octanol–water partition coefficient (Wildman–Crippen LogP) is 1.39. The van der Waals surface area contributed by atoms with Crippen molar-refractivity contribution in [1.82, 2.24) is 5.32 Å². The Hall–Kier alpha value is -2.84. The molecular formula is C15H15F2N3O4. The average Bonchev–Trinajstić information content (AvgIpc) is 2.54. The zero-order valence-corrected chi connectivity index (χ0v) is 12.5. The second-order valence-corrected chi connectivity index (χ2v) is 5.08. The van der Waals surface area contributed by atoms with E-state index in [1.165, 1.54) is 0 Å². The topological polar surface area (TPSA) is 99.1 Å². The highest BCUT2D eigenvalue weighted by molar-refractivity contribution is 6.40. The molecule has 1 atom stereocenters. The molecule has 1 aromatic rings. The first-order valence-corrected chi connectivity index (χ1v) is 7.15. The van der Waals surface area contributed by atoms with Crippen LogP contribution in [0.25, 0.3) is 0 Å². The van der Waals surface area contributed by atoms with Gasteiger partial charge in [0.25, 0.3) is 5.91 Å². The fourth-order valence-electron chi connectivity index (χ4n) is 2.13. The monoisotopic (exact) mass is 339 g/mol. The van der Waals surface area contributed by atoms with Gasteiger partial charge in [-0.15, -0.1) is 0 Å². The second kappa shape index (κ2) is 7.62. The van der Waals surface area contributed by atoms with Crippen LogP contribution in [0.15, 0.2) is 35.4 Å². The summed E-state index contributed by atoms with van der Waals surface area (Å²) in [5, 5.41) is 15.9. The highest BCUT2D eigenvalue weighted by Gasteiger charge is 2.29. The number of nitrogens with zero attached hydrogens (tertiary/aromatic N) is 2. The minimum atomic E-state index is -2.87. The van der Waals surface area contributed by atoms with Gasteiger partial charge >= 0.3 is 5.97 Å². The van der Waals surface area contributed by atoms with E-state index in [2.05, 4.69) is 5.10 Å². The number of hydrogen-bond acceptors (Lipinski definition) is 4. The van der Waals surface area contributed by atoms with E-state index in [4.69, 9.17) is 5.11 Å². The third-order valence-electron chi connectivity index (χ3n) is 3.31. The Morgan fingerprint density at radius 2 is 1.92 bits per heavy atom. The molecule has 24 heavy (non-hydrogen) atoms. The Balaban J connectivity index is 2.16. The van der Waals surface area contributed by atoms with Gasteiger partial charge in [0.15, 0.2) is 0 Å². The first-order chi connectivity index (χ1) is 11.4. The number of hydrogen-bond donors (Lipinski definition) is 2.